The van der Waals surface area contributed by atoms with Crippen molar-refractivity contribution >= 4 is 15.9 Å². The van der Waals surface area contributed by atoms with Crippen LogP contribution in [0.15, 0.2) is 0 Å². The number of hydrogen-bond donors (Lipinski definition) is 0. The highest BCUT2D eigenvalue weighted by atomic mass is 32.2. The minimum Gasteiger partial charge on any atom is -0.300 e. The Balaban J connectivity index is 3.78. The molecule has 0 aliphatic carbocycles. The maximum atomic E-state index is 11.0. The molecule has 0 aliphatic rings. The van der Waals surface area contributed by atoms with Crippen molar-refractivity contribution in [3.8, 4) is 12.3 Å². The average Bonchev–Trinajstić information content (AvgIpc) is 2.14. The van der Waals surface area contributed by atoms with Gasteiger partial charge in [-0.2, -0.15) is 8.42 Å². The number of Topliss-reactive ketones (excluding diaryl/α,β-unsaturated/α-hetero) is 1. The first-order valence-corrected chi connectivity index (χ1v) is 5.92. The van der Waals surface area contributed by atoms with E-state index in [0.29, 0.717) is 12.8 Å². The van der Waals surface area contributed by atoms with Gasteiger partial charge in [0.05, 0.1) is 5.75 Å². The maximum Gasteiger partial charge on any atom is 0.268 e. The molecule has 5 heteroatoms. The first-order valence-electron chi connectivity index (χ1n) is 4.34. The van der Waals surface area contributed by atoms with Crippen molar-refractivity contribution < 1.29 is 17.4 Å². The first-order chi connectivity index (χ1) is 6.52. The van der Waals surface area contributed by atoms with Gasteiger partial charge in [-0.25, -0.2) is 0 Å². The molecule has 0 rings (SSSR count). The Morgan fingerprint density at radius 2 is 2.14 bits per heavy atom. The minimum absolute atomic E-state index is 0.0529. The quantitative estimate of drug-likeness (QED) is 0.467. The number of carbonyl (C=O) groups is 1. The normalized spacial score (nSPS) is 10.9. The van der Waals surface area contributed by atoms with Crippen molar-refractivity contribution in [3.63, 3.8) is 0 Å². The summed E-state index contributed by atoms with van der Waals surface area (Å²) in [5.74, 6) is 1.97. The fourth-order valence-corrected chi connectivity index (χ4v) is 1.67. The molecule has 0 saturated heterocycles. The monoisotopic (exact) mass is 218 g/mol. The van der Waals surface area contributed by atoms with Crippen LogP contribution < -0.4 is 0 Å². The van der Waals surface area contributed by atoms with Gasteiger partial charge in [-0.15, -0.1) is 6.42 Å². The summed E-state index contributed by atoms with van der Waals surface area (Å²) in [4.78, 5) is 10.8. The van der Waals surface area contributed by atoms with Crippen molar-refractivity contribution in [1.29, 1.82) is 0 Å². The zero-order valence-corrected chi connectivity index (χ0v) is 8.97. The van der Waals surface area contributed by atoms with Crippen LogP contribution in [0, 0.1) is 12.3 Å². The van der Waals surface area contributed by atoms with E-state index in [1.165, 1.54) is 0 Å². The predicted molar refractivity (Wildman–Crippen MR) is 53.1 cm³/mol. The summed E-state index contributed by atoms with van der Waals surface area (Å²) in [7, 11) is -3.54. The largest absolute Gasteiger partial charge is 0.300 e. The van der Waals surface area contributed by atoms with E-state index in [4.69, 9.17) is 6.42 Å². The summed E-state index contributed by atoms with van der Waals surface area (Å²) in [6, 6.07) is 0. The Bertz CT molecular complexity index is 310. The summed E-state index contributed by atoms with van der Waals surface area (Å²) in [6.45, 7) is 1.50. The van der Waals surface area contributed by atoms with Gasteiger partial charge in [0.2, 0.25) is 0 Å². The molecule has 4 nitrogen and oxygen atoms in total. The third kappa shape index (κ3) is 6.63. The van der Waals surface area contributed by atoms with Crippen molar-refractivity contribution in [2.24, 2.45) is 0 Å². The third-order valence-electron chi connectivity index (χ3n) is 1.57. The van der Waals surface area contributed by atoms with Gasteiger partial charge in [0.1, 0.15) is 12.4 Å². The van der Waals surface area contributed by atoms with Crippen molar-refractivity contribution in [2.45, 2.75) is 26.2 Å². The molecule has 0 aromatic carbocycles. The fraction of sp³-hybridized carbons (Fsp3) is 0.667. The molecule has 0 atom stereocenters. The standard InChI is InChI=1S/C9H14O4S/c1-3-7-13-14(11,12)8-5-6-9(10)4-2/h1H,4-8H2,2H3. The minimum atomic E-state index is -3.54. The molecule has 0 saturated carbocycles. The summed E-state index contributed by atoms with van der Waals surface area (Å²) in [5.41, 5.74) is 0. The fourth-order valence-electron chi connectivity index (χ4n) is 0.806. The molecule has 0 unspecified atom stereocenters. The smallest absolute Gasteiger partial charge is 0.268 e. The highest BCUT2D eigenvalue weighted by molar-refractivity contribution is 7.86. The van der Waals surface area contributed by atoms with Crippen LogP contribution in [0.4, 0.5) is 0 Å². The molecule has 0 bridgehead atoms. The second-order valence-corrected chi connectivity index (χ2v) is 4.48. The molecule has 80 valence electrons. The molecule has 0 spiro atoms. The van der Waals surface area contributed by atoms with Gasteiger partial charge in [-0.3, -0.25) is 8.98 Å². The third-order valence-corrected chi connectivity index (χ3v) is 2.83. The van der Waals surface area contributed by atoms with E-state index in [-0.39, 0.29) is 24.6 Å². The SMILES string of the molecule is C#CCOS(=O)(=O)CCCC(=O)CC. The zero-order chi connectivity index (χ0) is 11.0. The van der Waals surface area contributed by atoms with Crippen LogP contribution in [0.3, 0.4) is 0 Å². The van der Waals surface area contributed by atoms with Crippen molar-refractivity contribution in [3.05, 3.63) is 0 Å². The molecule has 0 aromatic heterocycles. The van der Waals surface area contributed by atoms with Gasteiger partial charge >= 0.3 is 0 Å². The molecule has 0 heterocycles. The van der Waals surface area contributed by atoms with E-state index in [9.17, 15) is 13.2 Å². The average molecular weight is 218 g/mol. The lowest BCUT2D eigenvalue weighted by atomic mass is 10.2. The van der Waals surface area contributed by atoms with E-state index >= 15 is 0 Å². The Labute approximate surface area is 84.8 Å². The molecule has 0 amide bonds. The van der Waals surface area contributed by atoms with Crippen LogP contribution in [-0.4, -0.2) is 26.6 Å². The van der Waals surface area contributed by atoms with E-state index in [1.807, 2.05) is 0 Å². The van der Waals surface area contributed by atoms with Crippen molar-refractivity contribution in [2.75, 3.05) is 12.4 Å². The summed E-state index contributed by atoms with van der Waals surface area (Å²) in [5, 5.41) is 0. The Hall–Kier alpha value is -0.860. The van der Waals surface area contributed by atoms with Crippen LogP contribution >= 0.6 is 0 Å². The zero-order valence-electron chi connectivity index (χ0n) is 8.15. The number of hydrogen-bond acceptors (Lipinski definition) is 4. The Morgan fingerprint density at radius 3 is 2.64 bits per heavy atom. The second-order valence-electron chi connectivity index (χ2n) is 2.72. The molecule has 0 aromatic rings. The molecule has 0 radical (unpaired) electrons. The van der Waals surface area contributed by atoms with Gasteiger partial charge in [0.25, 0.3) is 10.1 Å². The molecular weight excluding hydrogens is 204 g/mol. The second kappa shape index (κ2) is 6.57. The van der Waals surface area contributed by atoms with Crippen LogP contribution in [0.2, 0.25) is 0 Å². The van der Waals surface area contributed by atoms with Gasteiger partial charge in [0.15, 0.2) is 0 Å². The van der Waals surface area contributed by atoms with Crippen molar-refractivity contribution in [1.82, 2.24) is 0 Å². The number of terminal acetylenes is 1. The molecular formula is C9H14O4S. The summed E-state index contributed by atoms with van der Waals surface area (Å²) in [6.07, 6.45) is 5.84. The highest BCUT2D eigenvalue weighted by Crippen LogP contribution is 2.01. The number of ketones is 1. The summed E-state index contributed by atoms with van der Waals surface area (Å²) < 4.78 is 26.5. The van der Waals surface area contributed by atoms with E-state index in [2.05, 4.69) is 10.1 Å². The Morgan fingerprint density at radius 1 is 1.50 bits per heavy atom. The molecule has 0 N–H and O–H groups in total. The van der Waals surface area contributed by atoms with Crippen LogP contribution in [0.25, 0.3) is 0 Å². The van der Waals surface area contributed by atoms with Gasteiger partial charge < -0.3 is 0 Å². The van der Waals surface area contributed by atoms with Crippen LogP contribution in [0.1, 0.15) is 26.2 Å². The first kappa shape index (κ1) is 13.1. The van der Waals surface area contributed by atoms with Gasteiger partial charge in [-0.05, 0) is 6.42 Å². The lowest BCUT2D eigenvalue weighted by Gasteiger charge is -2.01. The molecule has 14 heavy (non-hydrogen) atoms. The lowest BCUT2D eigenvalue weighted by Crippen LogP contribution is -2.12. The molecule has 0 aliphatic heterocycles. The maximum absolute atomic E-state index is 11.0. The van der Waals surface area contributed by atoms with Gasteiger partial charge in [0, 0.05) is 12.8 Å². The number of rotatable bonds is 7. The summed E-state index contributed by atoms with van der Waals surface area (Å²) >= 11 is 0. The van der Waals surface area contributed by atoms with E-state index < -0.39 is 10.1 Å². The molecule has 0 fully saturated rings. The van der Waals surface area contributed by atoms with Crippen LogP contribution in [0.5, 0.6) is 0 Å². The number of carbonyl (C=O) groups excluding carboxylic acids is 1. The van der Waals surface area contributed by atoms with E-state index in [0.717, 1.165) is 0 Å². The Kier molecular flexibility index (Phi) is 6.17. The topological polar surface area (TPSA) is 60.4 Å². The predicted octanol–water partition coefficient (Wildman–Crippen LogP) is 0.725. The highest BCUT2D eigenvalue weighted by Gasteiger charge is 2.10. The van der Waals surface area contributed by atoms with E-state index in [1.54, 1.807) is 6.92 Å². The lowest BCUT2D eigenvalue weighted by molar-refractivity contribution is -0.118. The van der Waals surface area contributed by atoms with Gasteiger partial charge in [-0.1, -0.05) is 12.8 Å². The van der Waals surface area contributed by atoms with Crippen LogP contribution in [-0.2, 0) is 19.1 Å².